The Morgan fingerprint density at radius 1 is 1.03 bits per heavy atom. The van der Waals surface area contributed by atoms with Crippen molar-refractivity contribution < 1.29 is 4.79 Å². The zero-order valence-electron chi connectivity index (χ0n) is 18.7. The molecule has 0 unspecified atom stereocenters. The molecular weight excluding hydrogens is 388 g/mol. The molecule has 1 aromatic heterocycles. The minimum Gasteiger partial charge on any atom is -0.356 e. The van der Waals surface area contributed by atoms with Crippen LogP contribution >= 0.6 is 0 Å². The number of aliphatic imine (C=N–C) groups is 1. The summed E-state index contributed by atoms with van der Waals surface area (Å²) in [4.78, 5) is 21.2. The highest BCUT2D eigenvalue weighted by Gasteiger charge is 2.30. The molecule has 31 heavy (non-hydrogen) atoms. The van der Waals surface area contributed by atoms with Crippen molar-refractivity contribution in [3.05, 3.63) is 36.5 Å². The van der Waals surface area contributed by atoms with E-state index in [0.717, 1.165) is 77.6 Å². The maximum atomic E-state index is 12.4. The summed E-state index contributed by atoms with van der Waals surface area (Å²) in [5.74, 6) is 1.57. The maximum Gasteiger partial charge on any atom is 0.225 e. The molecule has 2 N–H and O–H groups in total. The number of para-hydroxylation sites is 1. The maximum absolute atomic E-state index is 12.4. The summed E-state index contributed by atoms with van der Waals surface area (Å²) in [6.45, 7) is 7.39. The summed E-state index contributed by atoms with van der Waals surface area (Å²) in [5.41, 5.74) is 1.29. The lowest BCUT2D eigenvalue weighted by Crippen LogP contribution is -2.52. The Balaban J connectivity index is 1.09. The van der Waals surface area contributed by atoms with Gasteiger partial charge in [-0.1, -0.05) is 24.6 Å². The minimum absolute atomic E-state index is 0.318. The first-order chi connectivity index (χ1) is 15.2. The first-order valence-electron chi connectivity index (χ1n) is 11.7. The molecule has 1 aromatic carbocycles. The zero-order chi connectivity index (χ0) is 21.5. The number of hydrogen-bond donors (Lipinski definition) is 2. The molecule has 1 aliphatic carbocycles. The van der Waals surface area contributed by atoms with Gasteiger partial charge in [-0.2, -0.15) is 0 Å². The molecule has 168 valence electrons. The van der Waals surface area contributed by atoms with Gasteiger partial charge in [-0.25, -0.2) is 0 Å². The Hall–Kier alpha value is -2.54. The number of carbonyl (C=O) groups is 1. The highest BCUT2D eigenvalue weighted by Crippen LogP contribution is 2.28. The van der Waals surface area contributed by atoms with E-state index >= 15 is 0 Å². The van der Waals surface area contributed by atoms with E-state index in [-0.39, 0.29) is 0 Å². The van der Waals surface area contributed by atoms with Gasteiger partial charge in [0.1, 0.15) is 0 Å². The molecule has 1 saturated carbocycles. The fourth-order valence-corrected chi connectivity index (χ4v) is 4.45. The SMILES string of the molecule is CN=C(NCCCn1ccc2ccccc21)NCCN1CCN(C(=O)C2CCC2)CC1. The van der Waals surface area contributed by atoms with Crippen LogP contribution in [0.25, 0.3) is 10.9 Å². The van der Waals surface area contributed by atoms with Gasteiger partial charge in [0.25, 0.3) is 0 Å². The smallest absolute Gasteiger partial charge is 0.225 e. The minimum atomic E-state index is 0.318. The monoisotopic (exact) mass is 424 g/mol. The lowest BCUT2D eigenvalue weighted by molar-refractivity contribution is -0.139. The fraction of sp³-hybridized carbons (Fsp3) is 0.583. The third kappa shape index (κ3) is 5.58. The standard InChI is InChI=1S/C24H36N6O/c1-25-24(26-11-5-13-29-14-10-20-6-2-3-9-22(20)29)27-12-15-28-16-18-30(19-17-28)23(31)21-7-4-8-21/h2-3,6,9-10,14,21H,4-5,7-8,11-13,15-19H2,1H3,(H2,25,26,27). The molecular formula is C24H36N6O. The summed E-state index contributed by atoms with van der Waals surface area (Å²) in [6, 6.07) is 10.7. The summed E-state index contributed by atoms with van der Waals surface area (Å²) in [6.07, 6.45) is 6.61. The number of aromatic nitrogens is 1. The van der Waals surface area contributed by atoms with E-state index < -0.39 is 0 Å². The molecule has 0 atom stereocenters. The van der Waals surface area contributed by atoms with Crippen LogP contribution in [0.4, 0.5) is 0 Å². The van der Waals surface area contributed by atoms with Gasteiger partial charge < -0.3 is 20.1 Å². The Labute approximate surface area is 185 Å². The van der Waals surface area contributed by atoms with Gasteiger partial charge in [0.2, 0.25) is 5.91 Å². The molecule has 1 aliphatic heterocycles. The average Bonchev–Trinajstić information content (AvgIpc) is 3.18. The number of hydrogen-bond acceptors (Lipinski definition) is 3. The first kappa shape index (κ1) is 21.7. The highest BCUT2D eigenvalue weighted by molar-refractivity contribution is 5.80. The van der Waals surface area contributed by atoms with Crippen molar-refractivity contribution in [1.82, 2.24) is 25.0 Å². The van der Waals surface area contributed by atoms with Gasteiger partial charge in [0.05, 0.1) is 0 Å². The van der Waals surface area contributed by atoms with Crippen LogP contribution in [0.5, 0.6) is 0 Å². The van der Waals surface area contributed by atoms with Crippen LogP contribution in [0.15, 0.2) is 41.5 Å². The second kappa shape index (κ2) is 10.7. The van der Waals surface area contributed by atoms with Crippen LogP contribution in [-0.2, 0) is 11.3 Å². The van der Waals surface area contributed by atoms with Gasteiger partial charge in [0, 0.05) is 77.0 Å². The number of amides is 1. The molecule has 0 spiro atoms. The van der Waals surface area contributed by atoms with E-state index in [0.29, 0.717) is 11.8 Å². The van der Waals surface area contributed by atoms with Gasteiger partial charge in [0.15, 0.2) is 5.96 Å². The lowest BCUT2D eigenvalue weighted by Gasteiger charge is -2.38. The topological polar surface area (TPSA) is 64.9 Å². The number of fused-ring (bicyclic) bond motifs is 1. The quantitative estimate of drug-likeness (QED) is 0.387. The lowest BCUT2D eigenvalue weighted by atomic mass is 9.84. The normalized spacial score (nSPS) is 18.2. The number of nitrogens with one attached hydrogen (secondary N) is 2. The largest absolute Gasteiger partial charge is 0.356 e. The third-order valence-electron chi connectivity index (χ3n) is 6.63. The highest BCUT2D eigenvalue weighted by atomic mass is 16.2. The van der Waals surface area contributed by atoms with Crippen LogP contribution in [0.1, 0.15) is 25.7 Å². The Bertz CT molecular complexity index is 879. The van der Waals surface area contributed by atoms with E-state index in [2.05, 4.69) is 66.5 Å². The first-order valence-corrected chi connectivity index (χ1v) is 11.7. The summed E-state index contributed by atoms with van der Waals surface area (Å²) in [5, 5.41) is 8.13. The number of guanidine groups is 1. The number of piperazine rings is 1. The molecule has 7 nitrogen and oxygen atoms in total. The molecule has 4 rings (SSSR count). The van der Waals surface area contributed by atoms with Crippen LogP contribution in [0, 0.1) is 5.92 Å². The third-order valence-corrected chi connectivity index (χ3v) is 6.63. The molecule has 2 heterocycles. The summed E-state index contributed by atoms with van der Waals surface area (Å²) >= 11 is 0. The van der Waals surface area contributed by atoms with E-state index in [1.807, 2.05) is 7.05 Å². The molecule has 7 heteroatoms. The van der Waals surface area contributed by atoms with E-state index in [9.17, 15) is 4.79 Å². The van der Waals surface area contributed by atoms with Crippen molar-refractivity contribution in [2.75, 3.05) is 52.9 Å². The van der Waals surface area contributed by atoms with E-state index in [1.54, 1.807) is 0 Å². The summed E-state index contributed by atoms with van der Waals surface area (Å²) < 4.78 is 2.31. The fourth-order valence-electron chi connectivity index (χ4n) is 4.45. The van der Waals surface area contributed by atoms with Crippen molar-refractivity contribution in [2.45, 2.75) is 32.2 Å². The second-order valence-electron chi connectivity index (χ2n) is 8.64. The van der Waals surface area contributed by atoms with E-state index in [1.165, 1.54) is 17.3 Å². The Kier molecular flexibility index (Phi) is 7.46. The number of rotatable bonds is 8. The van der Waals surface area contributed by atoms with Crippen LogP contribution in [0.2, 0.25) is 0 Å². The molecule has 0 bridgehead atoms. The van der Waals surface area contributed by atoms with Crippen molar-refractivity contribution in [2.24, 2.45) is 10.9 Å². The number of carbonyl (C=O) groups excluding carboxylic acids is 1. The van der Waals surface area contributed by atoms with Crippen LogP contribution < -0.4 is 10.6 Å². The van der Waals surface area contributed by atoms with Crippen LogP contribution in [0.3, 0.4) is 0 Å². The van der Waals surface area contributed by atoms with E-state index in [4.69, 9.17) is 0 Å². The molecule has 0 radical (unpaired) electrons. The van der Waals surface area contributed by atoms with Crippen LogP contribution in [-0.4, -0.2) is 79.1 Å². The van der Waals surface area contributed by atoms with Crippen molar-refractivity contribution in [3.8, 4) is 0 Å². The van der Waals surface area contributed by atoms with Crippen molar-refractivity contribution in [3.63, 3.8) is 0 Å². The number of aryl methyl sites for hydroxylation is 1. The van der Waals surface area contributed by atoms with Crippen molar-refractivity contribution >= 4 is 22.8 Å². The Morgan fingerprint density at radius 3 is 2.55 bits per heavy atom. The van der Waals surface area contributed by atoms with Gasteiger partial charge >= 0.3 is 0 Å². The Morgan fingerprint density at radius 2 is 1.81 bits per heavy atom. The average molecular weight is 425 g/mol. The zero-order valence-corrected chi connectivity index (χ0v) is 18.7. The van der Waals surface area contributed by atoms with Gasteiger partial charge in [-0.05, 0) is 36.8 Å². The predicted octanol–water partition coefficient (Wildman–Crippen LogP) is 2.14. The number of nitrogens with zero attached hydrogens (tertiary/aromatic N) is 4. The summed E-state index contributed by atoms with van der Waals surface area (Å²) in [7, 11) is 1.82. The van der Waals surface area contributed by atoms with Crippen molar-refractivity contribution in [1.29, 1.82) is 0 Å². The van der Waals surface area contributed by atoms with Gasteiger partial charge in [-0.15, -0.1) is 0 Å². The molecule has 2 aromatic rings. The second-order valence-corrected chi connectivity index (χ2v) is 8.64. The van der Waals surface area contributed by atoms with Gasteiger partial charge in [-0.3, -0.25) is 14.7 Å². The molecule has 1 amide bonds. The molecule has 1 saturated heterocycles. The molecule has 2 aliphatic rings. The predicted molar refractivity (Wildman–Crippen MR) is 126 cm³/mol. The number of benzene rings is 1. The molecule has 2 fully saturated rings.